The van der Waals surface area contributed by atoms with Crippen LogP contribution in [-0.4, -0.2) is 60.8 Å². The molecule has 5 nitrogen and oxygen atoms in total. The van der Waals surface area contributed by atoms with E-state index in [1.165, 1.54) is 0 Å². The van der Waals surface area contributed by atoms with Crippen LogP contribution in [0.2, 0.25) is 5.02 Å². The number of aliphatic hydroxyl groups is 1. The number of nitrogens with zero attached hydrogens (tertiary/aromatic N) is 2. The van der Waals surface area contributed by atoms with E-state index in [9.17, 15) is 9.90 Å². The standard InChI is InChI=1S/C18H26ClN3O2/c1-12-8-21(14(10-23)7-20-12)9-17(24)22-11-18(2,3)15-5-4-13(19)6-16(15)22/h4-6,12,14,20,23H,7-11H2,1-3H3/t12-,14-/m1/s1. The molecule has 1 fully saturated rings. The number of fused-ring (bicyclic) bond motifs is 1. The number of hydrogen-bond donors (Lipinski definition) is 2. The van der Waals surface area contributed by atoms with Crippen molar-refractivity contribution in [2.45, 2.75) is 38.3 Å². The quantitative estimate of drug-likeness (QED) is 0.869. The van der Waals surface area contributed by atoms with Crippen molar-refractivity contribution >= 4 is 23.2 Å². The fraction of sp³-hybridized carbons (Fsp3) is 0.611. The zero-order valence-corrected chi connectivity index (χ0v) is 15.3. The molecular formula is C18H26ClN3O2. The molecule has 0 bridgehead atoms. The fourth-order valence-corrected chi connectivity index (χ4v) is 3.92. The molecule has 0 unspecified atom stereocenters. The van der Waals surface area contributed by atoms with Gasteiger partial charge in [-0.3, -0.25) is 9.69 Å². The molecule has 6 heteroatoms. The maximum atomic E-state index is 13.0. The third-order valence-corrected chi connectivity index (χ3v) is 5.35. The Morgan fingerprint density at radius 1 is 1.46 bits per heavy atom. The smallest absolute Gasteiger partial charge is 0.241 e. The van der Waals surface area contributed by atoms with Crippen molar-refractivity contribution in [3.05, 3.63) is 28.8 Å². The second-order valence-electron chi connectivity index (χ2n) is 7.60. The molecule has 2 atom stereocenters. The Kier molecular flexibility index (Phi) is 4.89. The molecule has 132 valence electrons. The summed E-state index contributed by atoms with van der Waals surface area (Å²) in [5.74, 6) is 0.0663. The molecule has 24 heavy (non-hydrogen) atoms. The monoisotopic (exact) mass is 351 g/mol. The van der Waals surface area contributed by atoms with E-state index in [4.69, 9.17) is 11.6 Å². The Morgan fingerprint density at radius 2 is 2.21 bits per heavy atom. The minimum Gasteiger partial charge on any atom is -0.395 e. The van der Waals surface area contributed by atoms with Crippen LogP contribution in [0.1, 0.15) is 26.3 Å². The number of halogens is 1. The van der Waals surface area contributed by atoms with E-state index >= 15 is 0 Å². The molecule has 1 saturated heterocycles. The van der Waals surface area contributed by atoms with Gasteiger partial charge in [-0.05, 0) is 24.6 Å². The lowest BCUT2D eigenvalue weighted by molar-refractivity contribution is -0.121. The van der Waals surface area contributed by atoms with Gasteiger partial charge in [0.1, 0.15) is 0 Å². The predicted octanol–water partition coefficient (Wildman–Crippen LogP) is 1.62. The molecule has 0 radical (unpaired) electrons. The fourth-order valence-electron chi connectivity index (χ4n) is 3.75. The first-order valence-corrected chi connectivity index (χ1v) is 8.88. The molecule has 2 heterocycles. The Hall–Kier alpha value is -1.14. The van der Waals surface area contributed by atoms with Gasteiger partial charge in [-0.25, -0.2) is 0 Å². The van der Waals surface area contributed by atoms with Crippen molar-refractivity contribution in [1.29, 1.82) is 0 Å². The van der Waals surface area contributed by atoms with Crippen molar-refractivity contribution in [2.75, 3.05) is 37.7 Å². The van der Waals surface area contributed by atoms with E-state index in [-0.39, 0.29) is 24.0 Å². The van der Waals surface area contributed by atoms with Gasteiger partial charge < -0.3 is 15.3 Å². The maximum Gasteiger partial charge on any atom is 0.241 e. The molecule has 1 amide bonds. The lowest BCUT2D eigenvalue weighted by atomic mass is 9.87. The summed E-state index contributed by atoms with van der Waals surface area (Å²) >= 11 is 6.15. The SMILES string of the molecule is C[C@@H]1CN(CC(=O)N2CC(C)(C)c3ccc(Cl)cc32)[C@@H](CO)CN1. The normalized spacial score (nSPS) is 26.5. The van der Waals surface area contributed by atoms with Gasteiger partial charge in [-0.15, -0.1) is 0 Å². The van der Waals surface area contributed by atoms with E-state index in [0.29, 0.717) is 30.7 Å². The van der Waals surface area contributed by atoms with Gasteiger partial charge in [0.15, 0.2) is 0 Å². The van der Waals surface area contributed by atoms with Crippen molar-refractivity contribution in [3.63, 3.8) is 0 Å². The first-order valence-electron chi connectivity index (χ1n) is 8.50. The Morgan fingerprint density at radius 3 is 2.92 bits per heavy atom. The van der Waals surface area contributed by atoms with Crippen molar-refractivity contribution in [2.24, 2.45) is 0 Å². The van der Waals surface area contributed by atoms with E-state index < -0.39 is 0 Å². The van der Waals surface area contributed by atoms with Crippen LogP contribution in [0.15, 0.2) is 18.2 Å². The summed E-state index contributed by atoms with van der Waals surface area (Å²) in [4.78, 5) is 16.9. The Balaban J connectivity index is 1.80. The van der Waals surface area contributed by atoms with Crippen LogP contribution in [0.3, 0.4) is 0 Å². The Bertz CT molecular complexity index is 635. The molecule has 0 aromatic heterocycles. The number of rotatable bonds is 3. The number of anilines is 1. The highest BCUT2D eigenvalue weighted by atomic mass is 35.5. The number of aliphatic hydroxyl groups excluding tert-OH is 1. The van der Waals surface area contributed by atoms with Crippen molar-refractivity contribution in [1.82, 2.24) is 10.2 Å². The summed E-state index contributed by atoms with van der Waals surface area (Å²) in [6.45, 7) is 8.90. The summed E-state index contributed by atoms with van der Waals surface area (Å²) in [6.07, 6.45) is 0. The molecule has 1 aromatic carbocycles. The third kappa shape index (κ3) is 3.31. The van der Waals surface area contributed by atoms with Gasteiger partial charge >= 0.3 is 0 Å². The van der Waals surface area contributed by atoms with E-state index in [2.05, 4.69) is 31.0 Å². The maximum absolute atomic E-state index is 13.0. The molecule has 3 rings (SSSR count). The van der Waals surface area contributed by atoms with E-state index in [0.717, 1.165) is 17.8 Å². The predicted molar refractivity (Wildman–Crippen MR) is 96.7 cm³/mol. The van der Waals surface area contributed by atoms with E-state index in [1.807, 2.05) is 23.1 Å². The van der Waals surface area contributed by atoms with Gasteiger partial charge in [0.25, 0.3) is 0 Å². The van der Waals surface area contributed by atoms with Gasteiger partial charge in [-0.2, -0.15) is 0 Å². The van der Waals surface area contributed by atoms with Crippen LogP contribution in [0.25, 0.3) is 0 Å². The molecule has 2 aliphatic heterocycles. The number of nitrogens with one attached hydrogen (secondary N) is 1. The lowest BCUT2D eigenvalue weighted by Crippen LogP contribution is -2.59. The van der Waals surface area contributed by atoms with Crippen LogP contribution < -0.4 is 10.2 Å². The molecule has 0 aliphatic carbocycles. The zero-order chi connectivity index (χ0) is 17.5. The van der Waals surface area contributed by atoms with Crippen LogP contribution in [-0.2, 0) is 10.2 Å². The highest BCUT2D eigenvalue weighted by Gasteiger charge is 2.39. The van der Waals surface area contributed by atoms with E-state index in [1.54, 1.807) is 0 Å². The highest BCUT2D eigenvalue weighted by Crippen LogP contribution is 2.41. The molecule has 2 N–H and O–H groups in total. The molecule has 2 aliphatic rings. The number of hydrogen-bond acceptors (Lipinski definition) is 4. The molecule has 0 spiro atoms. The van der Waals surface area contributed by atoms with Crippen LogP contribution in [0, 0.1) is 0 Å². The Labute approximate surface area is 148 Å². The second-order valence-corrected chi connectivity index (χ2v) is 8.04. The van der Waals surface area contributed by atoms with Crippen molar-refractivity contribution in [3.8, 4) is 0 Å². The average Bonchev–Trinajstić information content (AvgIpc) is 2.78. The minimum absolute atomic E-state index is 0.0143. The van der Waals surface area contributed by atoms with Crippen LogP contribution in [0.5, 0.6) is 0 Å². The third-order valence-electron chi connectivity index (χ3n) is 5.11. The van der Waals surface area contributed by atoms with Crippen LogP contribution in [0.4, 0.5) is 5.69 Å². The average molecular weight is 352 g/mol. The first-order chi connectivity index (χ1) is 11.3. The first kappa shape index (κ1) is 17.7. The summed E-state index contributed by atoms with van der Waals surface area (Å²) in [5.41, 5.74) is 2.00. The summed E-state index contributed by atoms with van der Waals surface area (Å²) in [6, 6.07) is 6.09. The molecule has 0 saturated carbocycles. The summed E-state index contributed by atoms with van der Waals surface area (Å²) < 4.78 is 0. The number of benzene rings is 1. The highest BCUT2D eigenvalue weighted by molar-refractivity contribution is 6.31. The summed E-state index contributed by atoms with van der Waals surface area (Å²) in [5, 5.41) is 13.6. The topological polar surface area (TPSA) is 55.8 Å². The van der Waals surface area contributed by atoms with Gasteiger partial charge in [0, 0.05) is 47.8 Å². The number of piperazine rings is 1. The van der Waals surface area contributed by atoms with Crippen LogP contribution >= 0.6 is 11.6 Å². The zero-order valence-electron chi connectivity index (χ0n) is 14.6. The van der Waals surface area contributed by atoms with Gasteiger partial charge in [0.05, 0.1) is 13.2 Å². The molecular weight excluding hydrogens is 326 g/mol. The minimum atomic E-state index is -0.0806. The number of carbonyl (C=O) groups excluding carboxylic acids is 1. The molecule has 1 aromatic rings. The second kappa shape index (κ2) is 6.64. The number of amides is 1. The largest absolute Gasteiger partial charge is 0.395 e. The van der Waals surface area contributed by atoms with Crippen molar-refractivity contribution < 1.29 is 9.90 Å². The van der Waals surface area contributed by atoms with Gasteiger partial charge in [0.2, 0.25) is 5.91 Å². The number of carbonyl (C=O) groups is 1. The summed E-state index contributed by atoms with van der Waals surface area (Å²) in [7, 11) is 0. The lowest BCUT2D eigenvalue weighted by Gasteiger charge is -2.38. The van der Waals surface area contributed by atoms with Gasteiger partial charge in [-0.1, -0.05) is 31.5 Å².